The largest absolute Gasteiger partial charge is 0.353 e. The van der Waals surface area contributed by atoms with Crippen LogP contribution in [0.2, 0.25) is 0 Å². The summed E-state index contributed by atoms with van der Waals surface area (Å²) in [6.45, 7) is 1.85. The fourth-order valence-corrected chi connectivity index (χ4v) is 5.21. The average Bonchev–Trinajstić information content (AvgIpc) is 2.86. The minimum absolute atomic E-state index is 0.0818. The molecule has 2 aromatic carbocycles. The Kier molecular flexibility index (Phi) is 7.31. The Bertz CT molecular complexity index is 1150. The van der Waals surface area contributed by atoms with Crippen LogP contribution in [0.4, 0.5) is 11.5 Å². The van der Waals surface area contributed by atoms with Crippen molar-refractivity contribution in [1.82, 2.24) is 14.3 Å². The van der Waals surface area contributed by atoms with Gasteiger partial charge in [-0.3, -0.25) is 9.78 Å². The van der Waals surface area contributed by atoms with Gasteiger partial charge in [0, 0.05) is 50.7 Å². The van der Waals surface area contributed by atoms with Gasteiger partial charge in [-0.15, -0.1) is 0 Å². The molecule has 1 aliphatic heterocycles. The molecule has 9 heteroatoms. The Morgan fingerprint density at radius 3 is 2.33 bits per heavy atom. The molecule has 33 heavy (non-hydrogen) atoms. The molecule has 1 N–H and O–H groups in total. The van der Waals surface area contributed by atoms with Gasteiger partial charge in [-0.1, -0.05) is 30.3 Å². The van der Waals surface area contributed by atoms with E-state index in [9.17, 15) is 13.2 Å². The van der Waals surface area contributed by atoms with E-state index in [1.165, 1.54) is 9.87 Å². The summed E-state index contributed by atoms with van der Waals surface area (Å²) >= 11 is 0. The first-order valence-corrected chi connectivity index (χ1v) is 12.4. The molecule has 4 rings (SSSR count). The van der Waals surface area contributed by atoms with E-state index < -0.39 is 10.0 Å². The Morgan fingerprint density at radius 2 is 1.67 bits per heavy atom. The van der Waals surface area contributed by atoms with Gasteiger partial charge < -0.3 is 10.2 Å². The first-order valence-electron chi connectivity index (χ1n) is 11.0. The molecule has 0 atom stereocenters. The number of piperazine rings is 1. The van der Waals surface area contributed by atoms with Crippen molar-refractivity contribution in [3.8, 4) is 0 Å². The molecular weight excluding hydrogens is 438 g/mol. The van der Waals surface area contributed by atoms with Crippen LogP contribution in [0, 0.1) is 0 Å². The van der Waals surface area contributed by atoms with Crippen molar-refractivity contribution in [2.45, 2.75) is 24.2 Å². The highest BCUT2D eigenvalue weighted by Crippen LogP contribution is 2.21. The van der Waals surface area contributed by atoms with Gasteiger partial charge in [-0.2, -0.15) is 4.31 Å². The zero-order chi connectivity index (χ0) is 23.1. The van der Waals surface area contributed by atoms with Crippen LogP contribution < -0.4 is 10.2 Å². The summed E-state index contributed by atoms with van der Waals surface area (Å²) < 4.78 is 27.5. The van der Waals surface area contributed by atoms with Gasteiger partial charge in [-0.05, 0) is 42.7 Å². The Hall–Kier alpha value is -3.30. The van der Waals surface area contributed by atoms with E-state index in [1.54, 1.807) is 42.9 Å². The van der Waals surface area contributed by atoms with Gasteiger partial charge in [0.25, 0.3) is 0 Å². The molecule has 172 valence electrons. The molecule has 1 aliphatic rings. The lowest BCUT2D eigenvalue weighted by atomic mass is 10.1. The SMILES string of the molecule is O=C(CCCc1ccccc1)Nc1ccc(S(=O)(=O)N2CCN(c3cnccn3)CC2)cc1. The molecule has 1 amide bonds. The van der Waals surface area contributed by atoms with Gasteiger partial charge in [0.15, 0.2) is 0 Å². The smallest absolute Gasteiger partial charge is 0.243 e. The first-order chi connectivity index (χ1) is 16.0. The maximum Gasteiger partial charge on any atom is 0.243 e. The fourth-order valence-electron chi connectivity index (χ4n) is 3.79. The number of aryl methyl sites for hydroxylation is 1. The van der Waals surface area contributed by atoms with Crippen LogP contribution in [0.5, 0.6) is 0 Å². The van der Waals surface area contributed by atoms with Crippen LogP contribution in [0.15, 0.2) is 78.1 Å². The lowest BCUT2D eigenvalue weighted by molar-refractivity contribution is -0.116. The van der Waals surface area contributed by atoms with Crippen LogP contribution in [0.1, 0.15) is 18.4 Å². The van der Waals surface area contributed by atoms with E-state index in [4.69, 9.17) is 0 Å². The van der Waals surface area contributed by atoms with Crippen molar-refractivity contribution in [3.63, 3.8) is 0 Å². The van der Waals surface area contributed by atoms with E-state index in [2.05, 4.69) is 15.3 Å². The van der Waals surface area contributed by atoms with Gasteiger partial charge in [-0.25, -0.2) is 13.4 Å². The first kappa shape index (κ1) is 22.9. The van der Waals surface area contributed by atoms with E-state index in [-0.39, 0.29) is 10.8 Å². The Labute approximate surface area is 194 Å². The number of hydrogen-bond acceptors (Lipinski definition) is 6. The molecule has 3 aromatic rings. The van der Waals surface area contributed by atoms with E-state index >= 15 is 0 Å². The summed E-state index contributed by atoms with van der Waals surface area (Å²) in [4.78, 5) is 22.8. The second-order valence-electron chi connectivity index (χ2n) is 7.87. The van der Waals surface area contributed by atoms with Crippen molar-refractivity contribution in [3.05, 3.63) is 78.8 Å². The highest BCUT2D eigenvalue weighted by Gasteiger charge is 2.29. The lowest BCUT2D eigenvalue weighted by Crippen LogP contribution is -2.48. The normalized spacial score (nSPS) is 14.7. The van der Waals surface area contributed by atoms with Crippen molar-refractivity contribution in [1.29, 1.82) is 0 Å². The molecule has 1 saturated heterocycles. The van der Waals surface area contributed by atoms with Crippen molar-refractivity contribution < 1.29 is 13.2 Å². The zero-order valence-electron chi connectivity index (χ0n) is 18.3. The number of rotatable bonds is 8. The van der Waals surface area contributed by atoms with Crippen molar-refractivity contribution >= 4 is 27.4 Å². The highest BCUT2D eigenvalue weighted by molar-refractivity contribution is 7.89. The van der Waals surface area contributed by atoms with Crippen LogP contribution in [0.3, 0.4) is 0 Å². The van der Waals surface area contributed by atoms with Gasteiger partial charge in [0.2, 0.25) is 15.9 Å². The number of carbonyl (C=O) groups excluding carboxylic acids is 1. The quantitative estimate of drug-likeness (QED) is 0.550. The van der Waals surface area contributed by atoms with Crippen LogP contribution in [-0.2, 0) is 21.2 Å². The summed E-state index contributed by atoms with van der Waals surface area (Å²) in [5.74, 6) is 0.667. The van der Waals surface area contributed by atoms with Crippen LogP contribution in [0.25, 0.3) is 0 Å². The molecule has 1 aromatic heterocycles. The number of aromatic nitrogens is 2. The predicted molar refractivity (Wildman–Crippen MR) is 127 cm³/mol. The molecule has 0 spiro atoms. The number of benzene rings is 2. The number of anilines is 2. The number of hydrogen-bond donors (Lipinski definition) is 1. The number of carbonyl (C=O) groups is 1. The molecule has 8 nitrogen and oxygen atoms in total. The van der Waals surface area contributed by atoms with Crippen molar-refractivity contribution in [2.24, 2.45) is 0 Å². The van der Waals surface area contributed by atoms with Gasteiger partial charge >= 0.3 is 0 Å². The monoisotopic (exact) mass is 465 g/mol. The summed E-state index contributed by atoms with van der Waals surface area (Å²) in [5.41, 5.74) is 1.79. The highest BCUT2D eigenvalue weighted by atomic mass is 32.2. The van der Waals surface area contributed by atoms with Crippen LogP contribution >= 0.6 is 0 Å². The molecule has 0 unspecified atom stereocenters. The molecule has 2 heterocycles. The minimum Gasteiger partial charge on any atom is -0.353 e. The predicted octanol–water partition coefficient (Wildman–Crippen LogP) is 2.95. The molecule has 0 bridgehead atoms. The third-order valence-corrected chi connectivity index (χ3v) is 7.51. The number of amides is 1. The zero-order valence-corrected chi connectivity index (χ0v) is 19.1. The second-order valence-corrected chi connectivity index (χ2v) is 9.80. The third-order valence-electron chi connectivity index (χ3n) is 5.60. The summed E-state index contributed by atoms with van der Waals surface area (Å²) in [5, 5.41) is 2.84. The minimum atomic E-state index is -3.60. The number of nitrogens with zero attached hydrogens (tertiary/aromatic N) is 4. The maximum absolute atomic E-state index is 13.0. The van der Waals surface area contributed by atoms with Gasteiger partial charge in [0.05, 0.1) is 11.1 Å². The van der Waals surface area contributed by atoms with E-state index in [0.717, 1.165) is 18.7 Å². The molecule has 0 radical (unpaired) electrons. The van der Waals surface area contributed by atoms with Crippen LogP contribution in [-0.4, -0.2) is 54.8 Å². The summed E-state index contributed by atoms with van der Waals surface area (Å²) in [7, 11) is -3.60. The van der Waals surface area contributed by atoms with E-state index in [1.807, 2.05) is 35.2 Å². The standard InChI is InChI=1S/C24H27N5O3S/c30-24(8-4-7-20-5-2-1-3-6-20)27-21-9-11-22(12-10-21)33(31,32)29-17-15-28(16-18-29)23-19-25-13-14-26-23/h1-3,5-6,9-14,19H,4,7-8,15-18H2,(H,27,30). The lowest BCUT2D eigenvalue weighted by Gasteiger charge is -2.34. The Balaban J connectivity index is 1.28. The van der Waals surface area contributed by atoms with E-state index in [0.29, 0.717) is 38.3 Å². The molecule has 0 saturated carbocycles. The number of nitrogens with one attached hydrogen (secondary N) is 1. The molecule has 0 aliphatic carbocycles. The topological polar surface area (TPSA) is 95.5 Å². The summed E-state index contributed by atoms with van der Waals surface area (Å²) in [6.07, 6.45) is 6.92. The third kappa shape index (κ3) is 5.94. The second kappa shape index (κ2) is 10.5. The van der Waals surface area contributed by atoms with Crippen molar-refractivity contribution in [2.75, 3.05) is 36.4 Å². The number of sulfonamides is 1. The van der Waals surface area contributed by atoms with Gasteiger partial charge in [0.1, 0.15) is 5.82 Å². The Morgan fingerprint density at radius 1 is 0.939 bits per heavy atom. The summed E-state index contributed by atoms with van der Waals surface area (Å²) in [6, 6.07) is 16.4. The fraction of sp³-hybridized carbons (Fsp3) is 0.292. The maximum atomic E-state index is 13.0. The average molecular weight is 466 g/mol. The molecular formula is C24H27N5O3S. The molecule has 1 fully saturated rings.